The first kappa shape index (κ1) is 11.5. The Morgan fingerprint density at radius 3 is 2.93 bits per heavy atom. The van der Waals surface area contributed by atoms with Crippen LogP contribution in [0.2, 0.25) is 0 Å². The molecule has 0 aliphatic rings. The summed E-state index contributed by atoms with van der Waals surface area (Å²) in [5, 5.41) is 3.47. The SMILES string of the molecule is CN(C)CCOc1cccc(C=NN)c1. The van der Waals surface area contributed by atoms with E-state index < -0.39 is 0 Å². The maximum Gasteiger partial charge on any atom is 0.120 e. The van der Waals surface area contributed by atoms with Crippen molar-refractivity contribution < 1.29 is 4.74 Å². The van der Waals surface area contributed by atoms with Crippen molar-refractivity contribution in [1.82, 2.24) is 4.90 Å². The fraction of sp³-hybridized carbons (Fsp3) is 0.364. The molecule has 82 valence electrons. The van der Waals surface area contributed by atoms with Crippen molar-refractivity contribution in [2.75, 3.05) is 27.2 Å². The predicted octanol–water partition coefficient (Wildman–Crippen LogP) is 0.920. The van der Waals surface area contributed by atoms with E-state index in [2.05, 4.69) is 10.0 Å². The summed E-state index contributed by atoms with van der Waals surface area (Å²) in [5.41, 5.74) is 0.944. The molecular weight excluding hydrogens is 190 g/mol. The Morgan fingerprint density at radius 2 is 2.27 bits per heavy atom. The molecule has 4 heteroatoms. The third kappa shape index (κ3) is 4.46. The van der Waals surface area contributed by atoms with Crippen molar-refractivity contribution in [2.24, 2.45) is 10.9 Å². The molecule has 0 heterocycles. The maximum absolute atomic E-state index is 5.56. The van der Waals surface area contributed by atoms with E-state index in [-0.39, 0.29) is 0 Å². The van der Waals surface area contributed by atoms with Crippen LogP contribution in [0.25, 0.3) is 0 Å². The van der Waals surface area contributed by atoms with Gasteiger partial charge in [0.25, 0.3) is 0 Å². The first-order chi connectivity index (χ1) is 7.22. The van der Waals surface area contributed by atoms with Gasteiger partial charge >= 0.3 is 0 Å². The van der Waals surface area contributed by atoms with Crippen molar-refractivity contribution in [1.29, 1.82) is 0 Å². The monoisotopic (exact) mass is 207 g/mol. The van der Waals surface area contributed by atoms with E-state index in [1.807, 2.05) is 38.4 Å². The van der Waals surface area contributed by atoms with Gasteiger partial charge in [-0.15, -0.1) is 0 Å². The smallest absolute Gasteiger partial charge is 0.120 e. The second kappa shape index (κ2) is 6.03. The Hall–Kier alpha value is -1.55. The summed E-state index contributed by atoms with van der Waals surface area (Å²) in [6.07, 6.45) is 1.60. The van der Waals surface area contributed by atoms with Gasteiger partial charge in [-0.3, -0.25) is 0 Å². The van der Waals surface area contributed by atoms with Crippen LogP contribution in [0.3, 0.4) is 0 Å². The Kier molecular flexibility index (Phi) is 4.63. The molecule has 0 fully saturated rings. The van der Waals surface area contributed by atoms with Gasteiger partial charge in [-0.25, -0.2) is 0 Å². The molecule has 2 N–H and O–H groups in total. The van der Waals surface area contributed by atoms with E-state index in [4.69, 9.17) is 10.6 Å². The molecule has 1 aromatic carbocycles. The largest absolute Gasteiger partial charge is 0.492 e. The van der Waals surface area contributed by atoms with Crippen LogP contribution in [0, 0.1) is 0 Å². The normalized spacial score (nSPS) is 11.1. The van der Waals surface area contributed by atoms with E-state index >= 15 is 0 Å². The van der Waals surface area contributed by atoms with Crippen molar-refractivity contribution in [3.05, 3.63) is 29.8 Å². The molecule has 0 atom stereocenters. The topological polar surface area (TPSA) is 50.8 Å². The van der Waals surface area contributed by atoms with E-state index in [1.54, 1.807) is 6.21 Å². The second-order valence-corrected chi connectivity index (χ2v) is 3.50. The van der Waals surface area contributed by atoms with Gasteiger partial charge in [0.1, 0.15) is 12.4 Å². The molecule has 4 nitrogen and oxygen atoms in total. The van der Waals surface area contributed by atoms with Gasteiger partial charge in [0.15, 0.2) is 0 Å². The molecule has 0 aliphatic heterocycles. The van der Waals surface area contributed by atoms with Crippen molar-refractivity contribution >= 4 is 6.21 Å². The van der Waals surface area contributed by atoms with Crippen LogP contribution in [-0.4, -0.2) is 38.4 Å². The minimum absolute atomic E-state index is 0.677. The summed E-state index contributed by atoms with van der Waals surface area (Å²) in [7, 11) is 4.03. The first-order valence-electron chi connectivity index (χ1n) is 4.83. The zero-order chi connectivity index (χ0) is 11.1. The summed E-state index contributed by atoms with van der Waals surface area (Å²) in [5.74, 6) is 5.91. The third-order valence-corrected chi connectivity index (χ3v) is 1.89. The van der Waals surface area contributed by atoms with E-state index in [1.165, 1.54) is 0 Å². The summed E-state index contributed by atoms with van der Waals surface area (Å²) in [6, 6.07) is 7.67. The van der Waals surface area contributed by atoms with Crippen molar-refractivity contribution in [3.63, 3.8) is 0 Å². The van der Waals surface area contributed by atoms with Crippen LogP contribution < -0.4 is 10.6 Å². The number of likely N-dealkylation sites (N-methyl/N-ethyl adjacent to an activating group) is 1. The molecule has 1 aromatic rings. The van der Waals surface area contributed by atoms with Gasteiger partial charge in [0.05, 0.1) is 6.21 Å². The van der Waals surface area contributed by atoms with Crippen LogP contribution in [0.4, 0.5) is 0 Å². The minimum Gasteiger partial charge on any atom is -0.492 e. The van der Waals surface area contributed by atoms with Gasteiger partial charge in [0, 0.05) is 6.54 Å². The highest BCUT2D eigenvalue weighted by Crippen LogP contribution is 2.11. The minimum atomic E-state index is 0.677. The van der Waals surface area contributed by atoms with Crippen LogP contribution in [0.1, 0.15) is 5.56 Å². The molecule has 0 radical (unpaired) electrons. The summed E-state index contributed by atoms with van der Waals surface area (Å²) < 4.78 is 5.56. The van der Waals surface area contributed by atoms with E-state index in [0.29, 0.717) is 6.61 Å². The molecule has 0 spiro atoms. The van der Waals surface area contributed by atoms with Crippen molar-refractivity contribution in [3.8, 4) is 5.75 Å². The predicted molar refractivity (Wildman–Crippen MR) is 62.3 cm³/mol. The maximum atomic E-state index is 5.56. The number of nitrogens with two attached hydrogens (primary N) is 1. The fourth-order valence-corrected chi connectivity index (χ4v) is 1.12. The highest BCUT2D eigenvalue weighted by molar-refractivity contribution is 5.79. The van der Waals surface area contributed by atoms with Gasteiger partial charge in [-0.05, 0) is 31.8 Å². The van der Waals surface area contributed by atoms with Crippen LogP contribution >= 0.6 is 0 Å². The summed E-state index contributed by atoms with van der Waals surface area (Å²) >= 11 is 0. The molecule has 0 aliphatic carbocycles. The zero-order valence-electron chi connectivity index (χ0n) is 9.18. The van der Waals surface area contributed by atoms with Gasteiger partial charge in [-0.1, -0.05) is 12.1 Å². The number of benzene rings is 1. The Morgan fingerprint density at radius 1 is 1.47 bits per heavy atom. The molecule has 0 aromatic heterocycles. The highest BCUT2D eigenvalue weighted by atomic mass is 16.5. The highest BCUT2D eigenvalue weighted by Gasteiger charge is 1.95. The van der Waals surface area contributed by atoms with E-state index in [0.717, 1.165) is 17.9 Å². The number of hydrogen-bond acceptors (Lipinski definition) is 4. The van der Waals surface area contributed by atoms with Crippen LogP contribution in [0.5, 0.6) is 5.75 Å². The molecule has 0 saturated carbocycles. The lowest BCUT2D eigenvalue weighted by Crippen LogP contribution is -2.19. The lowest BCUT2D eigenvalue weighted by Gasteiger charge is -2.11. The molecule has 0 amide bonds. The zero-order valence-corrected chi connectivity index (χ0v) is 9.18. The lowest BCUT2D eigenvalue weighted by atomic mass is 10.2. The van der Waals surface area contributed by atoms with Crippen molar-refractivity contribution in [2.45, 2.75) is 0 Å². The molecule has 0 bridgehead atoms. The molecule has 0 unspecified atom stereocenters. The van der Waals surface area contributed by atoms with Gasteiger partial charge in [-0.2, -0.15) is 5.10 Å². The van der Waals surface area contributed by atoms with Gasteiger partial charge in [0.2, 0.25) is 0 Å². The number of rotatable bonds is 5. The first-order valence-corrected chi connectivity index (χ1v) is 4.83. The number of hydrogen-bond donors (Lipinski definition) is 1. The molecule has 1 rings (SSSR count). The van der Waals surface area contributed by atoms with Crippen LogP contribution in [0.15, 0.2) is 29.4 Å². The standard InChI is InChI=1S/C11H17N3O/c1-14(2)6-7-15-11-5-3-4-10(8-11)9-13-12/h3-5,8-9H,6-7,12H2,1-2H3. The third-order valence-electron chi connectivity index (χ3n) is 1.89. The molecule has 15 heavy (non-hydrogen) atoms. The number of hydrazone groups is 1. The number of nitrogens with zero attached hydrogens (tertiary/aromatic N) is 2. The Labute approximate surface area is 90.3 Å². The number of ether oxygens (including phenoxy) is 1. The van der Waals surface area contributed by atoms with E-state index in [9.17, 15) is 0 Å². The summed E-state index contributed by atoms with van der Waals surface area (Å²) in [6.45, 7) is 1.57. The lowest BCUT2D eigenvalue weighted by molar-refractivity contribution is 0.261. The average molecular weight is 207 g/mol. The summed E-state index contributed by atoms with van der Waals surface area (Å²) in [4.78, 5) is 2.07. The molecule has 0 saturated heterocycles. The quantitative estimate of drug-likeness (QED) is 0.444. The average Bonchev–Trinajstić information content (AvgIpc) is 2.18. The fourth-order valence-electron chi connectivity index (χ4n) is 1.12. The second-order valence-electron chi connectivity index (χ2n) is 3.50. The Bertz CT molecular complexity index is 323. The van der Waals surface area contributed by atoms with Crippen LogP contribution in [-0.2, 0) is 0 Å². The van der Waals surface area contributed by atoms with Gasteiger partial charge < -0.3 is 15.5 Å². The molecular formula is C11H17N3O. The Balaban J connectivity index is 2.50.